The first kappa shape index (κ1) is 18.3. The number of piperazine rings is 1. The highest BCUT2D eigenvalue weighted by Crippen LogP contribution is 2.32. The minimum atomic E-state index is -0.192. The Hall–Kier alpha value is -2.70. The van der Waals surface area contributed by atoms with Gasteiger partial charge in [0.2, 0.25) is 0 Å². The summed E-state index contributed by atoms with van der Waals surface area (Å²) >= 11 is 1.59. The summed E-state index contributed by atoms with van der Waals surface area (Å²) in [6.07, 6.45) is 4.25. The van der Waals surface area contributed by atoms with Gasteiger partial charge in [-0.15, -0.1) is 11.3 Å². The van der Waals surface area contributed by atoms with Crippen molar-refractivity contribution in [1.29, 1.82) is 0 Å². The maximum Gasteiger partial charge on any atom is 0.270 e. The smallest absolute Gasteiger partial charge is 0.270 e. The van der Waals surface area contributed by atoms with Crippen LogP contribution in [0, 0.1) is 5.82 Å². The quantitative estimate of drug-likeness (QED) is 0.652. The van der Waals surface area contributed by atoms with E-state index >= 15 is 0 Å². The van der Waals surface area contributed by atoms with Crippen LogP contribution >= 0.6 is 11.3 Å². The van der Waals surface area contributed by atoms with Gasteiger partial charge in [0.1, 0.15) is 5.82 Å². The van der Waals surface area contributed by atoms with Crippen LogP contribution in [-0.2, 0) is 11.2 Å². The molecule has 3 heterocycles. The Labute approximate surface area is 173 Å². The number of benzene rings is 2. The highest BCUT2D eigenvalue weighted by molar-refractivity contribution is 7.17. The van der Waals surface area contributed by atoms with E-state index in [0.717, 1.165) is 66.2 Å². The van der Waals surface area contributed by atoms with Crippen molar-refractivity contribution in [2.75, 3.05) is 37.6 Å². The normalized spacial score (nSPS) is 16.9. The van der Waals surface area contributed by atoms with Gasteiger partial charge in [-0.2, -0.15) is 0 Å². The van der Waals surface area contributed by atoms with Gasteiger partial charge in [-0.25, -0.2) is 9.71 Å². The number of hydrogen-bond acceptors (Lipinski definition) is 4. The SMILES string of the molecule is O=C1C=Cc2ccc(CCN3CCN(c4cc(F)cc5sccc45)CC3)cc2[N]1. The lowest BCUT2D eigenvalue weighted by atomic mass is 10.0. The number of fused-ring (bicyclic) bond motifs is 2. The van der Waals surface area contributed by atoms with Crippen molar-refractivity contribution >= 4 is 44.8 Å². The molecule has 2 aliphatic heterocycles. The fourth-order valence-electron chi connectivity index (χ4n) is 4.08. The van der Waals surface area contributed by atoms with Crippen LogP contribution in [-0.4, -0.2) is 43.5 Å². The van der Waals surface area contributed by atoms with E-state index in [-0.39, 0.29) is 11.7 Å². The highest BCUT2D eigenvalue weighted by atomic mass is 32.1. The number of hydrogen-bond donors (Lipinski definition) is 0. The maximum atomic E-state index is 14.0. The Bertz CT molecular complexity index is 1100. The molecule has 1 amide bonds. The van der Waals surface area contributed by atoms with Gasteiger partial charge in [0.05, 0.1) is 5.69 Å². The number of amides is 1. The van der Waals surface area contributed by atoms with E-state index in [1.165, 1.54) is 11.6 Å². The topological polar surface area (TPSA) is 37.7 Å². The first-order chi connectivity index (χ1) is 14.2. The molecule has 0 N–H and O–H groups in total. The molecule has 0 saturated carbocycles. The zero-order valence-electron chi connectivity index (χ0n) is 16.0. The number of halogens is 1. The van der Waals surface area contributed by atoms with Gasteiger partial charge in [0.25, 0.3) is 5.91 Å². The molecule has 0 unspecified atom stereocenters. The maximum absolute atomic E-state index is 14.0. The number of carbonyl (C=O) groups is 1. The molecule has 1 fully saturated rings. The van der Waals surface area contributed by atoms with Gasteiger partial charge in [-0.3, -0.25) is 9.69 Å². The second-order valence-corrected chi connectivity index (χ2v) is 8.46. The highest BCUT2D eigenvalue weighted by Gasteiger charge is 2.20. The van der Waals surface area contributed by atoms with Gasteiger partial charge >= 0.3 is 0 Å². The standard InChI is InChI=1S/C23H21FN3OS/c24-18-14-21(19-6-12-29-22(19)15-18)27-10-8-26(9-11-27)7-5-16-1-2-17-3-4-23(28)25-20(17)13-16/h1-4,6,12-15H,5,7-11H2. The summed E-state index contributed by atoms with van der Waals surface area (Å²) in [6, 6.07) is 11.5. The fraction of sp³-hybridized carbons (Fsp3) is 0.261. The van der Waals surface area contributed by atoms with E-state index in [1.54, 1.807) is 23.5 Å². The molecule has 1 radical (unpaired) electrons. The lowest BCUT2D eigenvalue weighted by Gasteiger charge is -2.36. The molecule has 5 rings (SSSR count). The first-order valence-corrected chi connectivity index (χ1v) is 10.7. The van der Waals surface area contributed by atoms with E-state index in [4.69, 9.17) is 0 Å². The Morgan fingerprint density at radius 3 is 2.76 bits per heavy atom. The monoisotopic (exact) mass is 406 g/mol. The van der Waals surface area contributed by atoms with Crippen LogP contribution in [0.2, 0.25) is 0 Å². The number of rotatable bonds is 4. The first-order valence-electron chi connectivity index (χ1n) is 9.86. The van der Waals surface area contributed by atoms with Gasteiger partial charge in [-0.1, -0.05) is 12.1 Å². The van der Waals surface area contributed by atoms with Crippen LogP contribution in [0.1, 0.15) is 11.1 Å². The fourth-order valence-corrected chi connectivity index (χ4v) is 4.91. The molecule has 6 heteroatoms. The molecule has 0 aliphatic carbocycles. The lowest BCUT2D eigenvalue weighted by Crippen LogP contribution is -2.47. The Kier molecular flexibility index (Phi) is 4.81. The van der Waals surface area contributed by atoms with Crippen LogP contribution in [0.5, 0.6) is 0 Å². The Morgan fingerprint density at radius 2 is 1.90 bits per heavy atom. The van der Waals surface area contributed by atoms with Crippen LogP contribution in [0.25, 0.3) is 16.2 Å². The van der Waals surface area contributed by atoms with Crippen molar-refractivity contribution in [2.24, 2.45) is 0 Å². The number of carbonyl (C=O) groups excluding carboxylic acids is 1. The predicted molar refractivity (Wildman–Crippen MR) is 116 cm³/mol. The summed E-state index contributed by atoms with van der Waals surface area (Å²) in [6.45, 7) is 4.67. The van der Waals surface area contributed by atoms with Crippen molar-refractivity contribution in [3.63, 3.8) is 0 Å². The van der Waals surface area contributed by atoms with E-state index < -0.39 is 0 Å². The van der Waals surface area contributed by atoms with Crippen LogP contribution in [0.3, 0.4) is 0 Å². The molecule has 29 heavy (non-hydrogen) atoms. The van der Waals surface area contributed by atoms with Gasteiger partial charge in [-0.05, 0) is 47.7 Å². The lowest BCUT2D eigenvalue weighted by molar-refractivity contribution is -0.115. The third-order valence-electron chi connectivity index (χ3n) is 5.68. The number of thiophene rings is 1. The summed E-state index contributed by atoms with van der Waals surface area (Å²) in [5.74, 6) is -0.355. The predicted octanol–water partition coefficient (Wildman–Crippen LogP) is 4.19. The van der Waals surface area contributed by atoms with Crippen molar-refractivity contribution in [3.8, 4) is 0 Å². The molecule has 1 aromatic heterocycles. The average Bonchev–Trinajstić information content (AvgIpc) is 3.20. The zero-order chi connectivity index (χ0) is 19.8. The van der Waals surface area contributed by atoms with Gasteiger partial charge < -0.3 is 4.90 Å². The number of anilines is 1. The summed E-state index contributed by atoms with van der Waals surface area (Å²) in [4.78, 5) is 16.2. The molecule has 147 valence electrons. The largest absolute Gasteiger partial charge is 0.368 e. The molecule has 2 aromatic carbocycles. The molecule has 3 aromatic rings. The zero-order valence-corrected chi connectivity index (χ0v) is 16.8. The van der Waals surface area contributed by atoms with Gasteiger partial charge in [0, 0.05) is 60.1 Å². The van der Waals surface area contributed by atoms with Gasteiger partial charge in [0.15, 0.2) is 0 Å². The minimum Gasteiger partial charge on any atom is -0.368 e. The molecule has 0 bridgehead atoms. The third kappa shape index (κ3) is 3.78. The van der Waals surface area contributed by atoms with Crippen LogP contribution in [0.4, 0.5) is 15.8 Å². The van der Waals surface area contributed by atoms with E-state index in [9.17, 15) is 9.18 Å². The van der Waals surface area contributed by atoms with Crippen molar-refractivity contribution < 1.29 is 9.18 Å². The van der Waals surface area contributed by atoms with Crippen molar-refractivity contribution in [3.05, 3.63) is 64.8 Å². The van der Waals surface area contributed by atoms with E-state index in [1.807, 2.05) is 23.6 Å². The summed E-state index contributed by atoms with van der Waals surface area (Å²) in [5, 5.41) is 7.27. The summed E-state index contributed by atoms with van der Waals surface area (Å²) in [5.41, 5.74) is 3.97. The number of nitrogens with zero attached hydrogens (tertiary/aromatic N) is 3. The average molecular weight is 407 g/mol. The minimum absolute atomic E-state index is 0.163. The Balaban J connectivity index is 1.21. The summed E-state index contributed by atoms with van der Waals surface area (Å²) in [7, 11) is 0. The molecular weight excluding hydrogens is 385 g/mol. The second kappa shape index (κ2) is 7.61. The van der Waals surface area contributed by atoms with Crippen LogP contribution < -0.4 is 10.2 Å². The molecular formula is C23H21FN3OS. The Morgan fingerprint density at radius 1 is 1.03 bits per heavy atom. The van der Waals surface area contributed by atoms with Crippen LogP contribution in [0.15, 0.2) is 47.9 Å². The van der Waals surface area contributed by atoms with E-state index in [0.29, 0.717) is 0 Å². The van der Waals surface area contributed by atoms with Crippen molar-refractivity contribution in [1.82, 2.24) is 10.2 Å². The molecule has 4 nitrogen and oxygen atoms in total. The molecule has 0 atom stereocenters. The molecule has 2 aliphatic rings. The summed E-state index contributed by atoms with van der Waals surface area (Å²) < 4.78 is 15.0. The van der Waals surface area contributed by atoms with Crippen molar-refractivity contribution in [2.45, 2.75) is 6.42 Å². The van der Waals surface area contributed by atoms with E-state index in [2.05, 4.69) is 27.2 Å². The second-order valence-electron chi connectivity index (χ2n) is 7.51. The molecule has 0 spiro atoms. The third-order valence-corrected chi connectivity index (χ3v) is 6.54. The molecule has 1 saturated heterocycles.